The first kappa shape index (κ1) is 21.1. The Kier molecular flexibility index (Phi) is 6.76. The summed E-state index contributed by atoms with van der Waals surface area (Å²) in [5, 5.41) is 5.63. The van der Waals surface area contributed by atoms with Crippen LogP contribution in [0.25, 0.3) is 0 Å². The number of anilines is 1. The zero-order valence-electron chi connectivity index (χ0n) is 16.7. The highest BCUT2D eigenvalue weighted by molar-refractivity contribution is 7.91. The van der Waals surface area contributed by atoms with E-state index >= 15 is 0 Å². The highest BCUT2D eigenvalue weighted by Gasteiger charge is 2.30. The summed E-state index contributed by atoms with van der Waals surface area (Å²) < 4.78 is 28.4. The highest BCUT2D eigenvalue weighted by Crippen LogP contribution is 2.19. The second kappa shape index (κ2) is 9.28. The van der Waals surface area contributed by atoms with Gasteiger partial charge in [0.2, 0.25) is 0 Å². The van der Waals surface area contributed by atoms with E-state index in [1.165, 1.54) is 0 Å². The topological polar surface area (TPSA) is 87.7 Å². The van der Waals surface area contributed by atoms with E-state index in [1.54, 1.807) is 7.11 Å². The van der Waals surface area contributed by atoms with Gasteiger partial charge in [0, 0.05) is 24.8 Å². The maximum Gasteiger partial charge on any atom is 0.319 e. The summed E-state index contributed by atoms with van der Waals surface area (Å²) in [6.07, 6.45) is 0.687. The SMILES string of the molecule is COc1ccc(CNC(=O)Nc2ccc(CN(C)[C@@H]3CCS(=O)(=O)C3)cc2)cc1. The van der Waals surface area contributed by atoms with Crippen molar-refractivity contribution in [3.8, 4) is 5.75 Å². The molecule has 8 heteroatoms. The molecule has 0 bridgehead atoms. The predicted molar refractivity (Wildman–Crippen MR) is 114 cm³/mol. The van der Waals surface area contributed by atoms with E-state index in [0.717, 1.165) is 16.9 Å². The number of rotatable bonds is 7. The summed E-state index contributed by atoms with van der Waals surface area (Å²) in [4.78, 5) is 14.2. The van der Waals surface area contributed by atoms with Gasteiger partial charge in [0.1, 0.15) is 5.75 Å². The van der Waals surface area contributed by atoms with E-state index in [1.807, 2.05) is 55.6 Å². The smallest absolute Gasteiger partial charge is 0.319 e. The summed E-state index contributed by atoms with van der Waals surface area (Å²) >= 11 is 0. The van der Waals surface area contributed by atoms with Crippen LogP contribution in [-0.4, -0.2) is 51.1 Å². The number of methoxy groups -OCH3 is 1. The van der Waals surface area contributed by atoms with Crippen LogP contribution in [-0.2, 0) is 22.9 Å². The van der Waals surface area contributed by atoms with Gasteiger partial charge in [-0.3, -0.25) is 4.90 Å². The third-order valence-corrected chi connectivity index (χ3v) is 6.84. The van der Waals surface area contributed by atoms with Crippen molar-refractivity contribution in [1.82, 2.24) is 10.2 Å². The first-order valence-electron chi connectivity index (χ1n) is 9.52. The zero-order valence-corrected chi connectivity index (χ0v) is 17.5. The van der Waals surface area contributed by atoms with Gasteiger partial charge < -0.3 is 15.4 Å². The molecule has 0 saturated carbocycles. The van der Waals surface area contributed by atoms with E-state index in [9.17, 15) is 13.2 Å². The van der Waals surface area contributed by atoms with E-state index < -0.39 is 9.84 Å². The molecular weight excluding hydrogens is 390 g/mol. The van der Waals surface area contributed by atoms with Gasteiger partial charge >= 0.3 is 6.03 Å². The molecule has 1 aliphatic rings. The molecule has 1 atom stereocenters. The van der Waals surface area contributed by atoms with Crippen LogP contribution in [0.4, 0.5) is 10.5 Å². The maximum absolute atomic E-state index is 12.1. The van der Waals surface area contributed by atoms with Crippen LogP contribution in [0.3, 0.4) is 0 Å². The van der Waals surface area contributed by atoms with E-state index in [4.69, 9.17) is 4.74 Å². The Labute approximate surface area is 172 Å². The number of hydrogen-bond acceptors (Lipinski definition) is 5. The van der Waals surface area contributed by atoms with Crippen LogP contribution in [0.2, 0.25) is 0 Å². The monoisotopic (exact) mass is 417 g/mol. The van der Waals surface area contributed by atoms with Crippen molar-refractivity contribution >= 4 is 21.6 Å². The Morgan fingerprint density at radius 1 is 1.10 bits per heavy atom. The lowest BCUT2D eigenvalue weighted by molar-refractivity contribution is 0.251. The lowest BCUT2D eigenvalue weighted by Crippen LogP contribution is -2.32. The number of carbonyl (C=O) groups is 1. The molecule has 3 rings (SSSR count). The number of nitrogens with zero attached hydrogens (tertiary/aromatic N) is 1. The average molecular weight is 418 g/mol. The first-order valence-corrected chi connectivity index (χ1v) is 11.3. The lowest BCUT2D eigenvalue weighted by atomic mass is 10.1. The number of carbonyl (C=O) groups excluding carboxylic acids is 1. The largest absolute Gasteiger partial charge is 0.497 e. The molecule has 0 aromatic heterocycles. The van der Waals surface area contributed by atoms with Crippen molar-refractivity contribution in [2.45, 2.75) is 25.6 Å². The minimum Gasteiger partial charge on any atom is -0.497 e. The normalized spacial score (nSPS) is 17.8. The summed E-state index contributed by atoms with van der Waals surface area (Å²) in [5.74, 6) is 1.28. The molecule has 2 amide bonds. The number of nitrogens with one attached hydrogen (secondary N) is 2. The van der Waals surface area contributed by atoms with Gasteiger partial charge in [-0.05, 0) is 48.9 Å². The number of benzene rings is 2. The molecule has 2 aromatic rings. The molecule has 2 N–H and O–H groups in total. The van der Waals surface area contributed by atoms with Crippen molar-refractivity contribution in [3.05, 3.63) is 59.7 Å². The molecule has 0 unspecified atom stereocenters. The molecule has 0 spiro atoms. The van der Waals surface area contributed by atoms with Crippen molar-refractivity contribution in [2.24, 2.45) is 0 Å². The minimum absolute atomic E-state index is 0.0709. The summed E-state index contributed by atoms with van der Waals surface area (Å²) in [5.41, 5.74) is 2.75. The van der Waals surface area contributed by atoms with E-state index in [0.29, 0.717) is 25.2 Å². The molecule has 156 valence electrons. The zero-order chi connectivity index (χ0) is 20.9. The second-order valence-electron chi connectivity index (χ2n) is 7.32. The fourth-order valence-electron chi connectivity index (χ4n) is 3.33. The standard InChI is InChI=1S/C21H27N3O4S/c1-24(19-11-12-29(26,27)15-19)14-17-3-7-18(8-4-17)23-21(25)22-13-16-5-9-20(28-2)10-6-16/h3-10,19H,11-15H2,1-2H3,(H2,22,23,25)/t19-/m1/s1. The van der Waals surface area contributed by atoms with E-state index in [-0.39, 0.29) is 23.6 Å². The molecule has 29 heavy (non-hydrogen) atoms. The van der Waals surface area contributed by atoms with Crippen LogP contribution in [0.5, 0.6) is 5.75 Å². The second-order valence-corrected chi connectivity index (χ2v) is 9.55. The quantitative estimate of drug-likeness (QED) is 0.723. The van der Waals surface area contributed by atoms with Gasteiger partial charge in [0.15, 0.2) is 9.84 Å². The maximum atomic E-state index is 12.1. The lowest BCUT2D eigenvalue weighted by Gasteiger charge is -2.23. The molecule has 0 radical (unpaired) electrons. The van der Waals surface area contributed by atoms with Crippen LogP contribution in [0.1, 0.15) is 17.5 Å². The summed E-state index contributed by atoms with van der Waals surface area (Å²) in [6.45, 7) is 1.09. The third-order valence-electron chi connectivity index (χ3n) is 5.09. The van der Waals surface area contributed by atoms with Gasteiger partial charge in [-0.1, -0.05) is 24.3 Å². The van der Waals surface area contributed by atoms with E-state index in [2.05, 4.69) is 15.5 Å². The number of amides is 2. The molecule has 1 fully saturated rings. The van der Waals surface area contributed by atoms with Crippen molar-refractivity contribution < 1.29 is 17.9 Å². The number of sulfone groups is 1. The molecular formula is C21H27N3O4S. The molecule has 2 aromatic carbocycles. The fourth-order valence-corrected chi connectivity index (χ4v) is 5.14. The van der Waals surface area contributed by atoms with Crippen molar-refractivity contribution in [3.63, 3.8) is 0 Å². The average Bonchev–Trinajstić information content (AvgIpc) is 3.08. The first-order chi connectivity index (χ1) is 13.8. The van der Waals surface area contributed by atoms with Crippen LogP contribution >= 0.6 is 0 Å². The van der Waals surface area contributed by atoms with Gasteiger partial charge in [0.05, 0.1) is 18.6 Å². The number of hydrogen-bond donors (Lipinski definition) is 2. The molecule has 7 nitrogen and oxygen atoms in total. The van der Waals surface area contributed by atoms with Crippen LogP contribution in [0.15, 0.2) is 48.5 Å². The molecule has 1 aliphatic heterocycles. The van der Waals surface area contributed by atoms with Crippen molar-refractivity contribution in [2.75, 3.05) is 31.0 Å². The Morgan fingerprint density at radius 3 is 2.34 bits per heavy atom. The molecule has 1 saturated heterocycles. The van der Waals surface area contributed by atoms with Gasteiger partial charge in [0.25, 0.3) is 0 Å². The van der Waals surface area contributed by atoms with Gasteiger partial charge in [-0.25, -0.2) is 13.2 Å². The third kappa shape index (κ3) is 6.20. The minimum atomic E-state index is -2.88. The fraction of sp³-hybridized carbons (Fsp3) is 0.381. The van der Waals surface area contributed by atoms with Gasteiger partial charge in [-0.15, -0.1) is 0 Å². The molecule has 0 aliphatic carbocycles. The van der Waals surface area contributed by atoms with Crippen molar-refractivity contribution in [1.29, 1.82) is 0 Å². The number of urea groups is 1. The Bertz CT molecular complexity index is 927. The van der Waals surface area contributed by atoms with Crippen LogP contribution in [0, 0.1) is 0 Å². The molecule has 1 heterocycles. The highest BCUT2D eigenvalue weighted by atomic mass is 32.2. The number of ether oxygens (including phenoxy) is 1. The Balaban J connectivity index is 1.46. The predicted octanol–water partition coefficient (Wildman–Crippen LogP) is 2.64. The summed E-state index contributed by atoms with van der Waals surface area (Å²) in [7, 11) is 0.678. The van der Waals surface area contributed by atoms with Gasteiger partial charge in [-0.2, -0.15) is 0 Å². The van der Waals surface area contributed by atoms with Crippen LogP contribution < -0.4 is 15.4 Å². The Hall–Kier alpha value is -2.58. The summed E-state index contributed by atoms with van der Waals surface area (Å²) in [6, 6.07) is 14.9. The Morgan fingerprint density at radius 2 is 1.76 bits per heavy atom.